The van der Waals surface area contributed by atoms with Crippen LogP contribution in [0.25, 0.3) is 0 Å². The normalized spacial score (nSPS) is 14.0. The Balaban J connectivity index is 5.36. The van der Waals surface area contributed by atoms with Gasteiger partial charge < -0.3 is 0 Å². The smallest absolute Gasteiger partial charge is 0.270 e. The summed E-state index contributed by atoms with van der Waals surface area (Å²) in [6, 6.07) is 0. The highest BCUT2D eigenvalue weighted by Gasteiger charge is 2.43. The largest absolute Gasteiger partial charge is 0.285 e. The molecule has 3 nitrogen and oxygen atoms in total. The number of hydrogen-bond donors (Lipinski definition) is 1. The molecule has 0 spiro atoms. The Hall–Kier alpha value is -0.0900. The lowest BCUT2D eigenvalue weighted by molar-refractivity contribution is 0.289. The summed E-state index contributed by atoms with van der Waals surface area (Å²) in [5, 5.41) is 0. The maximum atomic E-state index is 11.8. The van der Waals surface area contributed by atoms with Gasteiger partial charge in [-0.2, -0.15) is 8.42 Å². The van der Waals surface area contributed by atoms with Crippen LogP contribution in [0.3, 0.4) is 0 Å². The van der Waals surface area contributed by atoms with Crippen molar-refractivity contribution in [2.45, 2.75) is 65.6 Å². The Labute approximate surface area is 107 Å². The summed E-state index contributed by atoms with van der Waals surface area (Å²) in [4.78, 5) is 0. The summed E-state index contributed by atoms with van der Waals surface area (Å²) in [6.45, 7) is 12.0. The second kappa shape index (κ2) is 6.19. The molecule has 0 radical (unpaired) electrons. The van der Waals surface area contributed by atoms with Crippen LogP contribution >= 0.6 is 0 Å². The molecule has 0 rings (SSSR count). The molecular formula is C13H28O3S. The molecule has 0 aliphatic heterocycles. The van der Waals surface area contributed by atoms with Crippen molar-refractivity contribution < 1.29 is 13.0 Å². The average Bonchev–Trinajstić information content (AvgIpc) is 1.96. The van der Waals surface area contributed by atoms with Crippen molar-refractivity contribution >= 4 is 10.1 Å². The molecule has 0 aliphatic carbocycles. The Morgan fingerprint density at radius 2 is 1.06 bits per heavy atom. The molecule has 0 saturated heterocycles. The van der Waals surface area contributed by atoms with E-state index in [1.54, 1.807) is 0 Å². The zero-order valence-electron chi connectivity index (χ0n) is 12.0. The molecule has 0 unspecified atom stereocenters. The predicted molar refractivity (Wildman–Crippen MR) is 72.6 cm³/mol. The molecule has 0 amide bonds. The van der Waals surface area contributed by atoms with Gasteiger partial charge in [0.25, 0.3) is 10.1 Å². The monoisotopic (exact) mass is 264 g/mol. The molecule has 0 aromatic rings. The zero-order chi connectivity index (χ0) is 13.9. The van der Waals surface area contributed by atoms with E-state index >= 15 is 0 Å². The summed E-state index contributed by atoms with van der Waals surface area (Å²) in [6.07, 6.45) is 1.59. The van der Waals surface area contributed by atoms with Crippen molar-refractivity contribution in [3.63, 3.8) is 0 Å². The van der Waals surface area contributed by atoms with Crippen LogP contribution in [0.5, 0.6) is 0 Å². The summed E-state index contributed by atoms with van der Waals surface area (Å²) in [5.74, 6) is 0.776. The quantitative estimate of drug-likeness (QED) is 0.712. The maximum absolute atomic E-state index is 11.8. The SMILES string of the molecule is CC(C)CC(CC(C)C)(CC(C)C)S(=O)(=O)O. The lowest BCUT2D eigenvalue weighted by Gasteiger charge is -2.35. The summed E-state index contributed by atoms with van der Waals surface area (Å²) in [7, 11) is -4.01. The van der Waals surface area contributed by atoms with Gasteiger partial charge in [-0.15, -0.1) is 0 Å². The minimum Gasteiger partial charge on any atom is -0.285 e. The zero-order valence-corrected chi connectivity index (χ0v) is 12.8. The number of hydrogen-bond acceptors (Lipinski definition) is 2. The van der Waals surface area contributed by atoms with E-state index in [2.05, 4.69) is 0 Å². The average molecular weight is 264 g/mol. The minimum absolute atomic E-state index is 0.259. The Morgan fingerprint density at radius 1 is 0.824 bits per heavy atom. The van der Waals surface area contributed by atoms with E-state index in [-0.39, 0.29) is 17.8 Å². The summed E-state index contributed by atoms with van der Waals surface area (Å²) in [5.41, 5.74) is 0. The van der Waals surface area contributed by atoms with Crippen molar-refractivity contribution in [3.8, 4) is 0 Å². The summed E-state index contributed by atoms with van der Waals surface area (Å²) >= 11 is 0. The molecule has 4 heteroatoms. The molecule has 104 valence electrons. The summed E-state index contributed by atoms with van der Waals surface area (Å²) < 4.78 is 32.3. The molecule has 17 heavy (non-hydrogen) atoms. The first kappa shape index (κ1) is 16.9. The molecule has 0 aliphatic rings. The van der Waals surface area contributed by atoms with Gasteiger partial charge in [0.05, 0.1) is 4.75 Å². The van der Waals surface area contributed by atoms with Crippen LogP contribution in [0.1, 0.15) is 60.8 Å². The molecule has 1 N–H and O–H groups in total. The van der Waals surface area contributed by atoms with Crippen LogP contribution in [0.2, 0.25) is 0 Å². The second-order valence-electron chi connectivity index (χ2n) is 6.45. The molecule has 0 heterocycles. The molecule has 0 aromatic carbocycles. The Kier molecular flexibility index (Phi) is 6.15. The highest BCUT2D eigenvalue weighted by Crippen LogP contribution is 2.37. The third-order valence-corrected chi connectivity index (χ3v) is 4.48. The third kappa shape index (κ3) is 5.38. The van der Waals surface area contributed by atoms with E-state index in [1.807, 2.05) is 41.5 Å². The van der Waals surface area contributed by atoms with Gasteiger partial charge in [0.2, 0.25) is 0 Å². The highest BCUT2D eigenvalue weighted by molar-refractivity contribution is 7.87. The van der Waals surface area contributed by atoms with Crippen molar-refractivity contribution in [2.75, 3.05) is 0 Å². The maximum Gasteiger partial charge on any atom is 0.270 e. The highest BCUT2D eigenvalue weighted by atomic mass is 32.2. The molecule has 0 atom stereocenters. The van der Waals surface area contributed by atoms with Crippen LogP contribution < -0.4 is 0 Å². The van der Waals surface area contributed by atoms with E-state index in [1.165, 1.54) is 0 Å². The van der Waals surface area contributed by atoms with Crippen LogP contribution in [0.15, 0.2) is 0 Å². The molecule has 0 aromatic heterocycles. The Morgan fingerprint density at radius 3 is 1.18 bits per heavy atom. The first-order valence-electron chi connectivity index (χ1n) is 6.47. The Bertz CT molecular complexity index is 289. The fraction of sp³-hybridized carbons (Fsp3) is 1.00. The van der Waals surface area contributed by atoms with Crippen molar-refractivity contribution in [1.29, 1.82) is 0 Å². The van der Waals surface area contributed by atoms with Gasteiger partial charge in [-0.3, -0.25) is 4.55 Å². The number of rotatable bonds is 7. The first-order chi connectivity index (χ1) is 7.50. The molecule has 0 bridgehead atoms. The van der Waals surface area contributed by atoms with Gasteiger partial charge in [0, 0.05) is 0 Å². The van der Waals surface area contributed by atoms with E-state index in [0.29, 0.717) is 19.3 Å². The topological polar surface area (TPSA) is 54.4 Å². The van der Waals surface area contributed by atoms with Crippen molar-refractivity contribution in [1.82, 2.24) is 0 Å². The van der Waals surface area contributed by atoms with Crippen molar-refractivity contribution in [3.05, 3.63) is 0 Å². The van der Waals surface area contributed by atoms with E-state index < -0.39 is 14.9 Å². The minimum atomic E-state index is -4.01. The van der Waals surface area contributed by atoms with Crippen molar-refractivity contribution in [2.24, 2.45) is 17.8 Å². The van der Waals surface area contributed by atoms with Gasteiger partial charge in [-0.05, 0) is 37.0 Å². The molecule has 0 saturated carbocycles. The van der Waals surface area contributed by atoms with Gasteiger partial charge in [-0.1, -0.05) is 41.5 Å². The van der Waals surface area contributed by atoms with Crippen LogP contribution in [0, 0.1) is 17.8 Å². The fourth-order valence-electron chi connectivity index (χ4n) is 2.80. The van der Waals surface area contributed by atoms with E-state index in [9.17, 15) is 13.0 Å². The lowest BCUT2D eigenvalue weighted by atomic mass is 9.83. The third-order valence-electron chi connectivity index (χ3n) is 2.89. The van der Waals surface area contributed by atoms with Crippen LogP contribution in [-0.4, -0.2) is 17.7 Å². The first-order valence-corrected chi connectivity index (χ1v) is 7.91. The second-order valence-corrected chi connectivity index (χ2v) is 8.27. The van der Waals surface area contributed by atoms with Gasteiger partial charge in [-0.25, -0.2) is 0 Å². The van der Waals surface area contributed by atoms with Gasteiger partial charge >= 0.3 is 0 Å². The van der Waals surface area contributed by atoms with Gasteiger partial charge in [0.1, 0.15) is 0 Å². The molecule has 0 fully saturated rings. The lowest BCUT2D eigenvalue weighted by Crippen LogP contribution is -2.42. The van der Waals surface area contributed by atoms with Crippen LogP contribution in [0.4, 0.5) is 0 Å². The van der Waals surface area contributed by atoms with Gasteiger partial charge in [0.15, 0.2) is 0 Å². The predicted octanol–water partition coefficient (Wildman–Crippen LogP) is 3.75. The standard InChI is InChI=1S/C13H28O3S/c1-10(2)7-13(8-11(3)4,9-12(5)6)17(14,15)16/h10-12H,7-9H2,1-6H3,(H,14,15,16). The fourth-order valence-corrected chi connectivity index (χ4v) is 4.43. The van der Waals surface area contributed by atoms with E-state index in [0.717, 1.165) is 0 Å². The van der Waals surface area contributed by atoms with E-state index in [4.69, 9.17) is 0 Å². The van der Waals surface area contributed by atoms with Crippen LogP contribution in [-0.2, 0) is 10.1 Å². The molecular weight excluding hydrogens is 236 g/mol.